The molecule has 4 N–H and O–H groups in total. The number of nitrogens with zero attached hydrogens (tertiary/aromatic N) is 8. The number of hydrogen-bond donors (Lipinski definition) is 3. The molecule has 2 fully saturated rings. The van der Waals surface area contributed by atoms with Crippen LogP contribution in [0.1, 0.15) is 109 Å². The molecule has 8 rings (SSSR count). The molecule has 2 aliphatic heterocycles. The van der Waals surface area contributed by atoms with Gasteiger partial charge in [0.2, 0.25) is 0 Å². The number of nitrogens with one attached hydrogen (secondary N) is 1. The first-order valence-corrected chi connectivity index (χ1v) is 27.1. The zero-order valence-corrected chi connectivity index (χ0v) is 47.0. The van der Waals surface area contributed by atoms with Crippen LogP contribution in [0.3, 0.4) is 0 Å². The molecule has 21 heteroatoms. The molecule has 4 aromatic carbocycles. The van der Waals surface area contributed by atoms with Crippen molar-refractivity contribution in [1.82, 2.24) is 44.6 Å². The molecule has 2 amide bonds. The molecule has 2 aliphatic rings. The van der Waals surface area contributed by atoms with Crippen molar-refractivity contribution in [2.24, 2.45) is 17.6 Å². The zero-order chi connectivity index (χ0) is 58.1. The summed E-state index contributed by atoms with van der Waals surface area (Å²) < 4.78 is 92.9. The average molecular weight is 1120 g/mol. The third-order valence-corrected chi connectivity index (χ3v) is 15.1. The summed E-state index contributed by atoms with van der Waals surface area (Å²) in [4.78, 5) is 40.3. The normalized spacial score (nSPS) is 18.1. The Kier molecular flexibility index (Phi) is 20.5. The standard InChI is InChI=1S/C30H39F2N5O3.C29H36F3N5O3/c1-5-22(33)15-16-36(29(38)25-12-9-17-40-25)26(30(2,3)39-4)28-34-27(23-18-21(31)13-14-24(23)32)35-37(28)19-20-10-7-6-8-11-20;1-17-13-33-14-20(17)16-36(28(39)18(2)38)25(29(3,4)40-5)27-34-26(23-12-22(31)9-10-24(23)32)35-37(27)15-19-7-6-8-21(30)11-19/h6-8,10-11,13-14,18,22,25-26H,5,9,12,15-17,19,33H2,1-4H3;6-12,17-18,20,25,33,38H,13-16H2,1-5H3/t22-,25+,26+;17-,18-,20-,25-/m10/s1. The van der Waals surface area contributed by atoms with Crippen LogP contribution in [0.2, 0.25) is 0 Å². The largest absolute Gasteiger partial charge is 0.384 e. The number of carbonyl (C=O) groups is 2. The average Bonchev–Trinajstić information content (AvgIpc) is 4.44. The number of benzene rings is 4. The topological polar surface area (TPSA) is 188 Å². The summed E-state index contributed by atoms with van der Waals surface area (Å²) in [7, 11) is 3.07. The predicted octanol–water partition coefficient (Wildman–Crippen LogP) is 8.81. The van der Waals surface area contributed by atoms with E-state index in [1.54, 1.807) is 47.6 Å². The Morgan fingerprint density at radius 3 is 1.80 bits per heavy atom. The molecule has 2 aromatic heterocycles. The third-order valence-electron chi connectivity index (χ3n) is 15.1. The van der Waals surface area contributed by atoms with Gasteiger partial charge in [0.15, 0.2) is 23.3 Å². The van der Waals surface area contributed by atoms with Crippen LogP contribution in [0.15, 0.2) is 91.0 Å². The quantitative estimate of drug-likeness (QED) is 0.0549. The maximum atomic E-state index is 14.9. The number of nitrogens with two attached hydrogens (primary N) is 1. The van der Waals surface area contributed by atoms with Crippen molar-refractivity contribution in [1.29, 1.82) is 0 Å². The molecule has 0 aliphatic carbocycles. The molecule has 6 aromatic rings. The first-order chi connectivity index (χ1) is 38.0. The van der Waals surface area contributed by atoms with E-state index in [1.807, 2.05) is 51.1 Å². The summed E-state index contributed by atoms with van der Waals surface area (Å²) in [6.07, 6.45) is 0.825. The van der Waals surface area contributed by atoms with Gasteiger partial charge in [-0.15, -0.1) is 0 Å². The van der Waals surface area contributed by atoms with E-state index >= 15 is 0 Å². The van der Waals surface area contributed by atoms with Gasteiger partial charge in [0.25, 0.3) is 11.8 Å². The first kappa shape index (κ1) is 61.1. The highest BCUT2D eigenvalue weighted by Crippen LogP contribution is 2.39. The minimum atomic E-state index is -1.32. The number of methoxy groups -OCH3 is 2. The number of carbonyl (C=O) groups excluding carboxylic acids is 2. The van der Waals surface area contributed by atoms with Crippen LogP contribution in [0.5, 0.6) is 0 Å². The molecule has 4 heterocycles. The minimum Gasteiger partial charge on any atom is -0.384 e. The fourth-order valence-electron chi connectivity index (χ4n) is 10.1. The van der Waals surface area contributed by atoms with Gasteiger partial charge < -0.3 is 40.2 Å². The Balaban J connectivity index is 0.000000231. The van der Waals surface area contributed by atoms with Gasteiger partial charge in [-0.3, -0.25) is 9.59 Å². The Labute approximate surface area is 464 Å². The Morgan fingerprint density at radius 1 is 0.775 bits per heavy atom. The minimum absolute atomic E-state index is 0.0228. The van der Waals surface area contributed by atoms with Crippen molar-refractivity contribution in [2.45, 2.75) is 129 Å². The van der Waals surface area contributed by atoms with Crippen LogP contribution < -0.4 is 11.1 Å². The molecule has 0 unspecified atom stereocenters. The maximum Gasteiger partial charge on any atom is 0.252 e. The number of hydrogen-bond acceptors (Lipinski definition) is 12. The van der Waals surface area contributed by atoms with Gasteiger partial charge in [0.1, 0.15) is 53.4 Å². The SMILES string of the molecule is CC[C@@H](N)CCN(C(=O)[C@@H]1CCCO1)[C@@H](c1nc(-c2cc(F)ccc2F)nn1Cc1ccccc1)C(C)(C)OC.COC(C)(C)[C@H](c1nc(-c2cc(F)ccc2F)nn1Cc1cccc(F)c1)N(C[C@@H]1CNC[C@@H]1C)C(=O)[C@H](C)O. The van der Waals surface area contributed by atoms with E-state index < -0.39 is 70.5 Å². The smallest absolute Gasteiger partial charge is 0.252 e. The summed E-state index contributed by atoms with van der Waals surface area (Å²) in [5.41, 5.74) is 5.54. The van der Waals surface area contributed by atoms with Gasteiger partial charge >= 0.3 is 0 Å². The summed E-state index contributed by atoms with van der Waals surface area (Å²) in [6, 6.07) is 20.0. The third kappa shape index (κ3) is 14.7. The molecular formula is C59H75F5N10O6. The van der Waals surface area contributed by atoms with E-state index in [2.05, 4.69) is 27.4 Å². The second-order valence-corrected chi connectivity index (χ2v) is 21.7. The predicted molar refractivity (Wildman–Crippen MR) is 292 cm³/mol. The van der Waals surface area contributed by atoms with E-state index in [0.717, 1.165) is 61.3 Å². The van der Waals surface area contributed by atoms with Gasteiger partial charge in [-0.2, -0.15) is 10.2 Å². The van der Waals surface area contributed by atoms with Crippen molar-refractivity contribution in [3.05, 3.63) is 143 Å². The van der Waals surface area contributed by atoms with E-state index in [1.165, 1.54) is 30.8 Å². The number of aromatic nitrogens is 6. The fraction of sp³-hybridized carbons (Fsp3) is 0.492. The Morgan fingerprint density at radius 2 is 1.31 bits per heavy atom. The number of ether oxygens (including phenoxy) is 3. The second-order valence-electron chi connectivity index (χ2n) is 21.7. The zero-order valence-electron chi connectivity index (χ0n) is 47.0. The van der Waals surface area contributed by atoms with Gasteiger partial charge in [0, 0.05) is 40.0 Å². The molecule has 0 saturated carbocycles. The van der Waals surface area contributed by atoms with Gasteiger partial charge in [-0.25, -0.2) is 41.3 Å². The van der Waals surface area contributed by atoms with Crippen molar-refractivity contribution in [3.63, 3.8) is 0 Å². The highest BCUT2D eigenvalue weighted by atomic mass is 19.1. The van der Waals surface area contributed by atoms with Crippen LogP contribution in [0, 0.1) is 40.9 Å². The van der Waals surface area contributed by atoms with Crippen LogP contribution in [0.4, 0.5) is 22.0 Å². The fourth-order valence-corrected chi connectivity index (χ4v) is 10.1. The number of halogens is 5. The highest BCUT2D eigenvalue weighted by Gasteiger charge is 2.46. The highest BCUT2D eigenvalue weighted by molar-refractivity contribution is 5.82. The Bertz CT molecular complexity index is 3020. The molecular weight excluding hydrogens is 1040 g/mol. The number of rotatable bonds is 22. The lowest BCUT2D eigenvalue weighted by atomic mass is 9.91. The van der Waals surface area contributed by atoms with E-state index in [4.69, 9.17) is 24.9 Å². The lowest BCUT2D eigenvalue weighted by Crippen LogP contribution is -2.52. The molecule has 432 valence electrons. The molecule has 0 radical (unpaired) electrons. The van der Waals surface area contributed by atoms with Crippen LogP contribution >= 0.6 is 0 Å². The molecule has 80 heavy (non-hydrogen) atoms. The van der Waals surface area contributed by atoms with E-state index in [-0.39, 0.29) is 65.5 Å². The first-order valence-electron chi connectivity index (χ1n) is 27.1. The van der Waals surface area contributed by atoms with Gasteiger partial charge in [0.05, 0.1) is 35.4 Å². The summed E-state index contributed by atoms with van der Waals surface area (Å²) in [5, 5.41) is 22.9. The number of aliphatic hydroxyl groups excluding tert-OH is 1. The number of aliphatic hydroxyl groups is 1. The van der Waals surface area contributed by atoms with Crippen LogP contribution in [0.25, 0.3) is 22.8 Å². The molecule has 16 nitrogen and oxygen atoms in total. The summed E-state index contributed by atoms with van der Waals surface area (Å²) in [6.45, 7) is 15.7. The molecule has 7 atom stereocenters. The van der Waals surface area contributed by atoms with E-state index in [0.29, 0.717) is 50.5 Å². The monoisotopic (exact) mass is 1110 g/mol. The van der Waals surface area contributed by atoms with Gasteiger partial charge in [-0.1, -0.05) is 56.3 Å². The lowest BCUT2D eigenvalue weighted by molar-refractivity contribution is -0.152. The Hall–Kier alpha value is -6.49. The molecule has 0 spiro atoms. The second kappa shape index (κ2) is 26.9. The molecule has 0 bridgehead atoms. The van der Waals surface area contributed by atoms with Crippen LogP contribution in [-0.4, -0.2) is 133 Å². The summed E-state index contributed by atoms with van der Waals surface area (Å²) >= 11 is 0. The van der Waals surface area contributed by atoms with Crippen molar-refractivity contribution in [3.8, 4) is 22.8 Å². The summed E-state index contributed by atoms with van der Waals surface area (Å²) in [5.74, 6) is -2.90. The van der Waals surface area contributed by atoms with E-state index in [9.17, 15) is 36.6 Å². The lowest BCUT2D eigenvalue weighted by Gasteiger charge is -2.42. The molecule has 2 saturated heterocycles. The maximum absolute atomic E-state index is 14.9. The van der Waals surface area contributed by atoms with Gasteiger partial charge in [-0.05, 0) is 145 Å². The van der Waals surface area contributed by atoms with Crippen LogP contribution in [-0.2, 0) is 36.9 Å². The van der Waals surface area contributed by atoms with Crippen molar-refractivity contribution < 1.29 is 50.9 Å². The van der Waals surface area contributed by atoms with Crippen molar-refractivity contribution >= 4 is 11.8 Å². The number of amides is 2. The van der Waals surface area contributed by atoms with Crippen molar-refractivity contribution in [2.75, 3.05) is 47.0 Å².